The van der Waals surface area contributed by atoms with E-state index in [-0.39, 0.29) is 0 Å². The highest BCUT2D eigenvalue weighted by molar-refractivity contribution is 5.75. The van der Waals surface area contributed by atoms with E-state index in [1.54, 1.807) is 0 Å². The van der Waals surface area contributed by atoms with Crippen molar-refractivity contribution >= 4 is 11.0 Å². The molecule has 0 radical (unpaired) electrons. The first-order valence-corrected chi connectivity index (χ1v) is 8.02. The Kier molecular flexibility index (Phi) is 4.22. The van der Waals surface area contributed by atoms with Gasteiger partial charge in [0.2, 0.25) is 0 Å². The first-order valence-electron chi connectivity index (χ1n) is 8.02. The van der Waals surface area contributed by atoms with Crippen LogP contribution in [0.4, 0.5) is 8.78 Å². The van der Waals surface area contributed by atoms with E-state index in [1.165, 1.54) is 44.2 Å². The summed E-state index contributed by atoms with van der Waals surface area (Å²) >= 11 is 0. The molecule has 0 saturated heterocycles. The Bertz CT molecular complexity index is 574. The summed E-state index contributed by atoms with van der Waals surface area (Å²) < 4.78 is 26.5. The number of rotatable bonds is 4. The highest BCUT2D eigenvalue weighted by Crippen LogP contribution is 2.37. The van der Waals surface area contributed by atoms with Gasteiger partial charge in [-0.1, -0.05) is 26.2 Å². The lowest BCUT2D eigenvalue weighted by molar-refractivity contribution is 0.299. The number of halogens is 2. The molecule has 0 unspecified atom stereocenters. The van der Waals surface area contributed by atoms with Crippen molar-refractivity contribution in [1.82, 2.24) is 9.97 Å². The summed E-state index contributed by atoms with van der Waals surface area (Å²) in [6.45, 7) is 2.23. The Morgan fingerprint density at radius 2 is 1.86 bits per heavy atom. The minimum absolute atomic E-state index is 0.404. The highest BCUT2D eigenvalue weighted by Gasteiger charge is 2.24. The Morgan fingerprint density at radius 1 is 1.14 bits per heavy atom. The standard InChI is InChI=1S/C17H22F2N2/c1-2-3-4-11-5-7-12(8-6-11)17-20-15-9-13(18)14(19)10-16(15)21-17/h9-12H,2-8H2,1H3,(H,20,21). The van der Waals surface area contributed by atoms with Crippen LogP contribution in [0.5, 0.6) is 0 Å². The van der Waals surface area contributed by atoms with Crippen LogP contribution in [0.15, 0.2) is 12.1 Å². The number of hydrogen-bond acceptors (Lipinski definition) is 1. The molecule has 2 aromatic rings. The molecule has 1 heterocycles. The van der Waals surface area contributed by atoms with E-state index in [0.717, 1.165) is 24.6 Å². The molecule has 4 heteroatoms. The van der Waals surface area contributed by atoms with E-state index in [9.17, 15) is 8.78 Å². The van der Waals surface area contributed by atoms with Gasteiger partial charge in [-0.25, -0.2) is 13.8 Å². The zero-order chi connectivity index (χ0) is 14.8. The second kappa shape index (κ2) is 6.12. The minimum atomic E-state index is -0.830. The van der Waals surface area contributed by atoms with Gasteiger partial charge in [-0.3, -0.25) is 0 Å². The normalized spacial score (nSPS) is 22.8. The van der Waals surface area contributed by atoms with Gasteiger partial charge in [-0.05, 0) is 31.6 Å². The van der Waals surface area contributed by atoms with Crippen LogP contribution in [-0.2, 0) is 0 Å². The molecule has 1 aromatic heterocycles. The minimum Gasteiger partial charge on any atom is -0.342 e. The largest absolute Gasteiger partial charge is 0.342 e. The van der Waals surface area contributed by atoms with Crippen molar-refractivity contribution in [2.45, 2.75) is 57.8 Å². The van der Waals surface area contributed by atoms with Crippen LogP contribution in [0.25, 0.3) is 11.0 Å². The summed E-state index contributed by atoms with van der Waals surface area (Å²) in [4.78, 5) is 7.64. The third kappa shape index (κ3) is 3.09. The van der Waals surface area contributed by atoms with Crippen LogP contribution in [0, 0.1) is 17.6 Å². The fraction of sp³-hybridized carbons (Fsp3) is 0.588. The molecule has 0 atom stereocenters. The first kappa shape index (κ1) is 14.5. The lowest BCUT2D eigenvalue weighted by Crippen LogP contribution is -2.14. The third-order valence-corrected chi connectivity index (χ3v) is 4.74. The van der Waals surface area contributed by atoms with Crippen molar-refractivity contribution in [2.75, 3.05) is 0 Å². The lowest BCUT2D eigenvalue weighted by atomic mass is 9.79. The maximum Gasteiger partial charge on any atom is 0.161 e. The summed E-state index contributed by atoms with van der Waals surface area (Å²) in [7, 11) is 0. The van der Waals surface area contributed by atoms with E-state index >= 15 is 0 Å². The van der Waals surface area contributed by atoms with Crippen LogP contribution in [0.3, 0.4) is 0 Å². The smallest absolute Gasteiger partial charge is 0.161 e. The first-order chi connectivity index (χ1) is 10.2. The maximum absolute atomic E-state index is 13.2. The van der Waals surface area contributed by atoms with Gasteiger partial charge in [0, 0.05) is 18.1 Å². The number of aromatic nitrogens is 2. The van der Waals surface area contributed by atoms with E-state index < -0.39 is 11.6 Å². The van der Waals surface area contributed by atoms with Crippen molar-refractivity contribution in [3.8, 4) is 0 Å². The van der Waals surface area contributed by atoms with E-state index in [1.807, 2.05) is 0 Å². The van der Waals surface area contributed by atoms with Crippen molar-refractivity contribution in [3.63, 3.8) is 0 Å². The van der Waals surface area contributed by atoms with E-state index in [2.05, 4.69) is 16.9 Å². The van der Waals surface area contributed by atoms with E-state index in [0.29, 0.717) is 17.0 Å². The predicted octanol–water partition coefficient (Wildman–Crippen LogP) is 5.31. The summed E-state index contributed by atoms with van der Waals surface area (Å²) in [6.07, 6.45) is 8.64. The summed E-state index contributed by atoms with van der Waals surface area (Å²) in [6, 6.07) is 2.38. The topological polar surface area (TPSA) is 28.7 Å². The summed E-state index contributed by atoms with van der Waals surface area (Å²) in [5.41, 5.74) is 1.12. The molecular weight excluding hydrogens is 270 g/mol. The number of benzene rings is 1. The van der Waals surface area contributed by atoms with Gasteiger partial charge < -0.3 is 4.98 Å². The van der Waals surface area contributed by atoms with E-state index in [4.69, 9.17) is 0 Å². The Labute approximate surface area is 124 Å². The molecule has 21 heavy (non-hydrogen) atoms. The van der Waals surface area contributed by atoms with Crippen molar-refractivity contribution in [2.24, 2.45) is 5.92 Å². The molecule has 2 nitrogen and oxygen atoms in total. The fourth-order valence-electron chi connectivity index (χ4n) is 3.44. The number of imidazole rings is 1. The van der Waals surface area contributed by atoms with Gasteiger partial charge in [-0.15, -0.1) is 0 Å². The molecule has 1 aliphatic carbocycles. The number of aromatic amines is 1. The molecule has 0 bridgehead atoms. The zero-order valence-electron chi connectivity index (χ0n) is 12.5. The molecule has 3 rings (SSSR count). The van der Waals surface area contributed by atoms with Crippen LogP contribution in [0.1, 0.15) is 63.6 Å². The van der Waals surface area contributed by atoms with Crippen molar-refractivity contribution in [1.29, 1.82) is 0 Å². The molecular formula is C17H22F2N2. The van der Waals surface area contributed by atoms with Gasteiger partial charge in [0.25, 0.3) is 0 Å². The molecule has 1 aromatic carbocycles. The molecule has 114 valence electrons. The Balaban J connectivity index is 1.70. The number of nitrogens with one attached hydrogen (secondary N) is 1. The number of fused-ring (bicyclic) bond motifs is 1. The average Bonchev–Trinajstić information content (AvgIpc) is 2.89. The number of H-pyrrole nitrogens is 1. The third-order valence-electron chi connectivity index (χ3n) is 4.74. The number of hydrogen-bond donors (Lipinski definition) is 1. The second-order valence-corrected chi connectivity index (χ2v) is 6.27. The maximum atomic E-state index is 13.2. The second-order valence-electron chi connectivity index (χ2n) is 6.27. The monoisotopic (exact) mass is 292 g/mol. The van der Waals surface area contributed by atoms with Crippen LogP contribution in [0.2, 0.25) is 0 Å². The number of unbranched alkanes of at least 4 members (excludes halogenated alkanes) is 1. The molecule has 1 aliphatic rings. The molecule has 0 spiro atoms. The molecule has 1 N–H and O–H groups in total. The zero-order valence-corrected chi connectivity index (χ0v) is 12.5. The Morgan fingerprint density at radius 3 is 2.57 bits per heavy atom. The Hall–Kier alpha value is -1.45. The average molecular weight is 292 g/mol. The highest BCUT2D eigenvalue weighted by atomic mass is 19.2. The van der Waals surface area contributed by atoms with Crippen LogP contribution in [-0.4, -0.2) is 9.97 Å². The number of nitrogens with zero attached hydrogens (tertiary/aromatic N) is 1. The van der Waals surface area contributed by atoms with Crippen molar-refractivity contribution in [3.05, 3.63) is 29.6 Å². The predicted molar refractivity (Wildman–Crippen MR) is 80.2 cm³/mol. The molecule has 0 amide bonds. The molecule has 0 aliphatic heterocycles. The molecule has 1 saturated carbocycles. The molecule has 1 fully saturated rings. The van der Waals surface area contributed by atoms with Gasteiger partial charge >= 0.3 is 0 Å². The quantitative estimate of drug-likeness (QED) is 0.813. The van der Waals surface area contributed by atoms with Gasteiger partial charge in [0.1, 0.15) is 5.82 Å². The lowest BCUT2D eigenvalue weighted by Gasteiger charge is -2.27. The fourth-order valence-corrected chi connectivity index (χ4v) is 3.44. The summed E-state index contributed by atoms with van der Waals surface area (Å²) in [5.74, 6) is 0.496. The summed E-state index contributed by atoms with van der Waals surface area (Å²) in [5, 5.41) is 0. The SMILES string of the molecule is CCCCC1CCC(c2nc3cc(F)c(F)cc3[nH]2)CC1. The van der Waals surface area contributed by atoms with Crippen molar-refractivity contribution < 1.29 is 8.78 Å². The van der Waals surface area contributed by atoms with Gasteiger partial charge in [0.15, 0.2) is 11.6 Å². The van der Waals surface area contributed by atoms with Crippen LogP contribution < -0.4 is 0 Å². The van der Waals surface area contributed by atoms with Gasteiger partial charge in [-0.2, -0.15) is 0 Å². The van der Waals surface area contributed by atoms with Crippen LogP contribution >= 0.6 is 0 Å². The van der Waals surface area contributed by atoms with Gasteiger partial charge in [0.05, 0.1) is 11.0 Å².